The zero-order valence-corrected chi connectivity index (χ0v) is 20.2. The Bertz CT molecular complexity index is 1350. The number of hydrogen-bond donors (Lipinski definition) is 1. The number of carbonyl (C=O) groups is 1. The summed E-state index contributed by atoms with van der Waals surface area (Å²) in [6.07, 6.45) is 2.02. The average Bonchev–Trinajstić information content (AvgIpc) is 2.81. The van der Waals surface area contributed by atoms with Crippen LogP contribution in [0.2, 0.25) is 0 Å². The SMILES string of the molecule is CC[C@@H](C)c1nc2ccc(Br)cc2c(=O)n1N=Cc1cc(OC)c(OCC(N)=O)c([N+](=O)[O-])c1. The average molecular weight is 532 g/mol. The number of rotatable bonds is 9. The van der Waals surface area contributed by atoms with Gasteiger partial charge in [0.2, 0.25) is 5.75 Å². The van der Waals surface area contributed by atoms with Crippen molar-refractivity contribution in [1.82, 2.24) is 9.66 Å². The summed E-state index contributed by atoms with van der Waals surface area (Å²) in [5.41, 5.74) is 5.07. The standard InChI is InChI=1S/C22H22BrN5O6/c1-4-12(2)21-26-16-6-5-14(23)9-15(16)22(30)27(21)25-10-13-7-17(28(31)32)20(18(8-13)33-3)34-11-19(24)29/h5-10,12H,4,11H2,1-3H3,(H2,24,29)/t12-/m1/s1. The Balaban J connectivity index is 2.16. The van der Waals surface area contributed by atoms with Crippen molar-refractivity contribution in [2.75, 3.05) is 13.7 Å². The monoisotopic (exact) mass is 531 g/mol. The van der Waals surface area contributed by atoms with Gasteiger partial charge < -0.3 is 15.2 Å². The molecule has 0 radical (unpaired) electrons. The summed E-state index contributed by atoms with van der Waals surface area (Å²) in [5, 5.41) is 16.3. The summed E-state index contributed by atoms with van der Waals surface area (Å²) in [6.45, 7) is 3.34. The number of aromatic nitrogens is 2. The van der Waals surface area contributed by atoms with Crippen LogP contribution in [0.1, 0.15) is 37.6 Å². The van der Waals surface area contributed by atoms with Crippen molar-refractivity contribution < 1.29 is 19.2 Å². The fraction of sp³-hybridized carbons (Fsp3) is 0.273. The predicted molar refractivity (Wildman–Crippen MR) is 130 cm³/mol. The van der Waals surface area contributed by atoms with Crippen LogP contribution >= 0.6 is 15.9 Å². The lowest BCUT2D eigenvalue weighted by Crippen LogP contribution is -2.23. The number of primary amides is 1. The first-order chi connectivity index (χ1) is 16.2. The molecule has 0 unspecified atom stereocenters. The first-order valence-electron chi connectivity index (χ1n) is 10.2. The highest BCUT2D eigenvalue weighted by molar-refractivity contribution is 9.10. The largest absolute Gasteiger partial charge is 0.493 e. The van der Waals surface area contributed by atoms with Gasteiger partial charge in [-0.3, -0.25) is 19.7 Å². The second-order valence-corrected chi connectivity index (χ2v) is 8.30. The van der Waals surface area contributed by atoms with Crippen molar-refractivity contribution in [3.05, 3.63) is 66.7 Å². The van der Waals surface area contributed by atoms with E-state index in [-0.39, 0.29) is 28.5 Å². The fourth-order valence-electron chi connectivity index (χ4n) is 3.16. The molecule has 34 heavy (non-hydrogen) atoms. The number of nitrogens with zero attached hydrogens (tertiary/aromatic N) is 4. The van der Waals surface area contributed by atoms with Gasteiger partial charge >= 0.3 is 5.69 Å². The molecule has 1 amide bonds. The first kappa shape index (κ1) is 24.8. The van der Waals surface area contributed by atoms with Crippen molar-refractivity contribution in [1.29, 1.82) is 0 Å². The lowest BCUT2D eigenvalue weighted by molar-refractivity contribution is -0.385. The van der Waals surface area contributed by atoms with Gasteiger partial charge in [-0.15, -0.1) is 0 Å². The topological polar surface area (TPSA) is 152 Å². The van der Waals surface area contributed by atoms with Gasteiger partial charge in [0.05, 0.1) is 29.2 Å². The van der Waals surface area contributed by atoms with Gasteiger partial charge in [0.1, 0.15) is 5.82 Å². The molecule has 2 N–H and O–H groups in total. The van der Waals surface area contributed by atoms with Gasteiger partial charge in [0.15, 0.2) is 12.4 Å². The molecule has 0 spiro atoms. The van der Waals surface area contributed by atoms with Gasteiger partial charge in [0.25, 0.3) is 11.5 Å². The van der Waals surface area contributed by atoms with Gasteiger partial charge in [-0.05, 0) is 30.7 Å². The number of nitrogens with two attached hydrogens (primary N) is 1. The summed E-state index contributed by atoms with van der Waals surface area (Å²) in [6, 6.07) is 7.85. The molecule has 12 heteroatoms. The zero-order valence-electron chi connectivity index (χ0n) is 18.6. The van der Waals surface area contributed by atoms with E-state index in [1.807, 2.05) is 13.8 Å². The summed E-state index contributed by atoms with van der Waals surface area (Å²) in [4.78, 5) is 39.9. The van der Waals surface area contributed by atoms with Gasteiger partial charge in [0, 0.05) is 22.0 Å². The van der Waals surface area contributed by atoms with Crippen LogP contribution < -0.4 is 20.8 Å². The third-order valence-corrected chi connectivity index (χ3v) is 5.54. The molecule has 2 aromatic carbocycles. The predicted octanol–water partition coefficient (Wildman–Crippen LogP) is 3.34. The number of amides is 1. The maximum absolute atomic E-state index is 13.2. The Morgan fingerprint density at radius 1 is 1.38 bits per heavy atom. The number of nitro groups is 1. The van der Waals surface area contributed by atoms with Gasteiger partial charge in [-0.2, -0.15) is 9.78 Å². The van der Waals surface area contributed by atoms with Gasteiger partial charge in [-0.1, -0.05) is 29.8 Å². The van der Waals surface area contributed by atoms with Crippen molar-refractivity contribution in [2.45, 2.75) is 26.2 Å². The maximum Gasteiger partial charge on any atom is 0.315 e. The third-order valence-electron chi connectivity index (χ3n) is 5.04. The highest BCUT2D eigenvalue weighted by Crippen LogP contribution is 2.38. The summed E-state index contributed by atoms with van der Waals surface area (Å²) in [7, 11) is 1.30. The molecule has 1 atom stereocenters. The Morgan fingerprint density at radius 2 is 2.12 bits per heavy atom. The van der Waals surface area contributed by atoms with E-state index < -0.39 is 23.1 Å². The van der Waals surface area contributed by atoms with E-state index >= 15 is 0 Å². The smallest absolute Gasteiger partial charge is 0.315 e. The molecule has 1 heterocycles. The molecule has 0 fully saturated rings. The molecule has 0 saturated heterocycles. The van der Waals surface area contributed by atoms with E-state index in [9.17, 15) is 19.7 Å². The van der Waals surface area contributed by atoms with E-state index in [0.29, 0.717) is 16.7 Å². The minimum atomic E-state index is -0.797. The Hall–Kier alpha value is -3.80. The summed E-state index contributed by atoms with van der Waals surface area (Å²) in [5.74, 6) is -0.646. The number of nitro benzene ring substituents is 1. The molecule has 0 aliphatic rings. The minimum Gasteiger partial charge on any atom is -0.493 e. The normalized spacial score (nSPS) is 12.1. The van der Waals surface area contributed by atoms with Crippen molar-refractivity contribution in [2.24, 2.45) is 10.8 Å². The Kier molecular flexibility index (Phi) is 7.61. The second-order valence-electron chi connectivity index (χ2n) is 7.39. The maximum atomic E-state index is 13.2. The van der Waals surface area contributed by atoms with E-state index in [0.717, 1.165) is 10.9 Å². The Morgan fingerprint density at radius 3 is 2.74 bits per heavy atom. The van der Waals surface area contributed by atoms with Crippen LogP contribution in [0.5, 0.6) is 11.5 Å². The lowest BCUT2D eigenvalue weighted by Gasteiger charge is -2.14. The van der Waals surface area contributed by atoms with Crippen LogP contribution in [0.4, 0.5) is 5.69 Å². The lowest BCUT2D eigenvalue weighted by atomic mass is 10.1. The van der Waals surface area contributed by atoms with E-state index in [1.54, 1.807) is 18.2 Å². The number of methoxy groups -OCH3 is 1. The number of benzene rings is 2. The summed E-state index contributed by atoms with van der Waals surface area (Å²) >= 11 is 3.36. The minimum absolute atomic E-state index is 0.00645. The second kappa shape index (κ2) is 10.4. The van der Waals surface area contributed by atoms with Crippen molar-refractivity contribution in [3.63, 3.8) is 0 Å². The highest BCUT2D eigenvalue weighted by Gasteiger charge is 2.23. The van der Waals surface area contributed by atoms with E-state index in [4.69, 9.17) is 15.2 Å². The number of halogens is 1. The first-order valence-corrected chi connectivity index (χ1v) is 11.0. The Labute approximate surface area is 202 Å². The van der Waals surface area contributed by atoms with Crippen LogP contribution in [0.15, 0.2) is 44.7 Å². The number of carbonyl (C=O) groups excluding carboxylic acids is 1. The fourth-order valence-corrected chi connectivity index (χ4v) is 3.52. The summed E-state index contributed by atoms with van der Waals surface area (Å²) < 4.78 is 12.3. The molecule has 1 aromatic heterocycles. The van der Waals surface area contributed by atoms with Gasteiger partial charge in [-0.25, -0.2) is 4.98 Å². The van der Waals surface area contributed by atoms with E-state index in [2.05, 4.69) is 26.0 Å². The number of ether oxygens (including phenoxy) is 2. The molecular weight excluding hydrogens is 510 g/mol. The van der Waals surface area contributed by atoms with Crippen LogP contribution in [-0.4, -0.2) is 40.4 Å². The van der Waals surface area contributed by atoms with Crippen LogP contribution in [0, 0.1) is 10.1 Å². The molecule has 3 aromatic rings. The quantitative estimate of drug-likeness (QED) is 0.252. The van der Waals surface area contributed by atoms with Crippen LogP contribution in [0.3, 0.4) is 0 Å². The van der Waals surface area contributed by atoms with Crippen LogP contribution in [0.25, 0.3) is 10.9 Å². The number of fused-ring (bicyclic) bond motifs is 1. The van der Waals surface area contributed by atoms with Crippen molar-refractivity contribution >= 4 is 44.6 Å². The van der Waals surface area contributed by atoms with E-state index in [1.165, 1.54) is 30.1 Å². The van der Waals surface area contributed by atoms with Crippen molar-refractivity contribution in [3.8, 4) is 11.5 Å². The molecule has 0 aliphatic carbocycles. The molecule has 178 valence electrons. The molecule has 0 saturated carbocycles. The number of hydrogen-bond acceptors (Lipinski definition) is 8. The van der Waals surface area contributed by atoms with Crippen LogP contribution in [-0.2, 0) is 4.79 Å². The third kappa shape index (κ3) is 5.22. The molecule has 0 bridgehead atoms. The molecule has 0 aliphatic heterocycles. The molecular formula is C22H22BrN5O6. The molecule has 11 nitrogen and oxygen atoms in total. The highest BCUT2D eigenvalue weighted by atomic mass is 79.9. The zero-order chi connectivity index (χ0) is 25.0. The molecule has 3 rings (SSSR count).